The summed E-state index contributed by atoms with van der Waals surface area (Å²) in [6, 6.07) is 24.3. The molecule has 3 saturated heterocycles. The zero-order valence-corrected chi connectivity index (χ0v) is 32.4. The first-order valence-electron chi connectivity index (χ1n) is 20.7. The number of anilines is 2. The lowest BCUT2D eigenvalue weighted by Gasteiger charge is -2.38. The number of phenolic OH excluding ortho intramolecular Hbond substituents is 1. The average molecular weight is 772 g/mol. The van der Waals surface area contributed by atoms with Crippen molar-refractivity contribution in [3.05, 3.63) is 136 Å². The second-order valence-electron chi connectivity index (χ2n) is 16.7. The molecule has 9 rings (SSSR count). The van der Waals surface area contributed by atoms with E-state index < -0.39 is 17.7 Å². The number of phenols is 1. The summed E-state index contributed by atoms with van der Waals surface area (Å²) < 4.78 is 32.2. The van der Waals surface area contributed by atoms with Crippen molar-refractivity contribution in [3.8, 4) is 5.75 Å². The third kappa shape index (κ3) is 7.40. The van der Waals surface area contributed by atoms with Crippen LogP contribution in [-0.2, 0) is 17.8 Å². The van der Waals surface area contributed by atoms with Crippen molar-refractivity contribution in [1.82, 2.24) is 15.1 Å². The van der Waals surface area contributed by atoms with Crippen LogP contribution < -0.4 is 15.1 Å². The smallest absolute Gasteiger partial charge is 0.255 e. The molecule has 0 radical (unpaired) electrons. The Hall–Kier alpha value is -5.22. The van der Waals surface area contributed by atoms with Crippen LogP contribution in [-0.4, -0.2) is 78.6 Å². The maximum Gasteiger partial charge on any atom is 0.255 e. The topological polar surface area (TPSA) is 79.4 Å². The molecule has 5 aliphatic rings. The van der Waals surface area contributed by atoms with Crippen LogP contribution in [0.2, 0.25) is 0 Å². The second kappa shape index (κ2) is 15.6. The fourth-order valence-electron chi connectivity index (χ4n) is 10.2. The minimum Gasteiger partial charge on any atom is -0.508 e. The monoisotopic (exact) mass is 771 g/mol. The molecule has 2 N–H and O–H groups in total. The van der Waals surface area contributed by atoms with E-state index in [9.17, 15) is 14.7 Å². The van der Waals surface area contributed by atoms with Gasteiger partial charge in [-0.3, -0.25) is 14.5 Å². The predicted molar refractivity (Wildman–Crippen MR) is 219 cm³/mol. The Morgan fingerprint density at radius 1 is 0.754 bits per heavy atom. The van der Waals surface area contributed by atoms with Crippen molar-refractivity contribution in [2.24, 2.45) is 5.92 Å². The van der Waals surface area contributed by atoms with E-state index in [-0.39, 0.29) is 35.1 Å². The summed E-state index contributed by atoms with van der Waals surface area (Å²) in [6.45, 7) is 10.3. The summed E-state index contributed by atoms with van der Waals surface area (Å²) in [5.74, 6) is -0.656. The predicted octanol–water partition coefficient (Wildman–Crippen LogP) is 7.71. The van der Waals surface area contributed by atoms with E-state index in [2.05, 4.69) is 39.9 Å². The number of fused-ring (bicyclic) bond motifs is 2. The van der Waals surface area contributed by atoms with Crippen LogP contribution in [0.25, 0.3) is 0 Å². The van der Waals surface area contributed by atoms with Crippen LogP contribution in [0, 0.1) is 17.6 Å². The molecule has 4 aromatic rings. The number of rotatable bonds is 8. The number of nitrogens with zero attached hydrogens (tertiary/aromatic N) is 4. The maximum absolute atomic E-state index is 16.1. The van der Waals surface area contributed by atoms with E-state index in [1.165, 1.54) is 0 Å². The number of benzene rings is 4. The fraction of sp³-hybridized carbons (Fsp3) is 0.404. The van der Waals surface area contributed by atoms with Crippen molar-refractivity contribution in [2.75, 3.05) is 55.6 Å². The number of nitrogens with one attached hydrogen (secondary N) is 1. The van der Waals surface area contributed by atoms with E-state index in [1.54, 1.807) is 29.2 Å². The van der Waals surface area contributed by atoms with E-state index in [0.29, 0.717) is 55.2 Å². The summed E-state index contributed by atoms with van der Waals surface area (Å²) >= 11 is 0. The Balaban J connectivity index is 0.784. The molecule has 4 aliphatic heterocycles. The molecule has 3 fully saturated rings. The van der Waals surface area contributed by atoms with E-state index in [0.717, 1.165) is 92.8 Å². The first-order valence-corrected chi connectivity index (χ1v) is 20.7. The van der Waals surface area contributed by atoms with Crippen molar-refractivity contribution in [2.45, 2.75) is 69.4 Å². The molecular formula is C47H51F2N5O3. The number of aromatic hydroxyl groups is 1. The lowest BCUT2D eigenvalue weighted by molar-refractivity contribution is -0.126. The van der Waals surface area contributed by atoms with Crippen molar-refractivity contribution < 1.29 is 23.5 Å². The van der Waals surface area contributed by atoms with Gasteiger partial charge in [-0.1, -0.05) is 43.0 Å². The molecule has 3 atom stereocenters. The van der Waals surface area contributed by atoms with E-state index in [1.807, 2.05) is 41.3 Å². The van der Waals surface area contributed by atoms with Crippen LogP contribution in [0.1, 0.15) is 88.5 Å². The van der Waals surface area contributed by atoms with E-state index in [4.69, 9.17) is 0 Å². The Kier molecular flexibility index (Phi) is 10.2. The van der Waals surface area contributed by atoms with Crippen LogP contribution in [0.4, 0.5) is 20.2 Å². The van der Waals surface area contributed by atoms with Gasteiger partial charge in [0.25, 0.3) is 5.91 Å². The Morgan fingerprint density at radius 2 is 1.51 bits per heavy atom. The van der Waals surface area contributed by atoms with Crippen LogP contribution >= 0.6 is 0 Å². The van der Waals surface area contributed by atoms with Gasteiger partial charge in [-0.2, -0.15) is 0 Å². The molecule has 8 nitrogen and oxygen atoms in total. The Labute approximate surface area is 333 Å². The number of hydrogen-bond donors (Lipinski definition) is 2. The molecule has 57 heavy (non-hydrogen) atoms. The summed E-state index contributed by atoms with van der Waals surface area (Å²) in [6.07, 6.45) is 5.78. The lowest BCUT2D eigenvalue weighted by atomic mass is 9.69. The van der Waals surface area contributed by atoms with Crippen LogP contribution in [0.15, 0.2) is 91.1 Å². The molecule has 296 valence electrons. The van der Waals surface area contributed by atoms with Crippen molar-refractivity contribution >= 4 is 23.2 Å². The quantitative estimate of drug-likeness (QED) is 0.191. The molecule has 0 bridgehead atoms. The Morgan fingerprint density at radius 3 is 2.25 bits per heavy atom. The zero-order chi connectivity index (χ0) is 39.2. The van der Waals surface area contributed by atoms with Gasteiger partial charge in [0, 0.05) is 68.7 Å². The normalized spacial score (nSPS) is 23.1. The van der Waals surface area contributed by atoms with Gasteiger partial charge in [0.1, 0.15) is 29.1 Å². The minimum absolute atomic E-state index is 0.0731. The highest BCUT2D eigenvalue weighted by Crippen LogP contribution is 2.48. The van der Waals surface area contributed by atoms with Crippen molar-refractivity contribution in [1.29, 1.82) is 0 Å². The number of amides is 2. The highest BCUT2D eigenvalue weighted by molar-refractivity contribution is 6.01. The van der Waals surface area contributed by atoms with Gasteiger partial charge in [-0.25, -0.2) is 8.78 Å². The van der Waals surface area contributed by atoms with Gasteiger partial charge in [-0.15, -0.1) is 0 Å². The largest absolute Gasteiger partial charge is 0.508 e. The first kappa shape index (κ1) is 37.4. The third-order valence-electron chi connectivity index (χ3n) is 13.4. The van der Waals surface area contributed by atoms with Gasteiger partial charge in [-0.05, 0) is 134 Å². The molecule has 0 saturated carbocycles. The fourth-order valence-corrected chi connectivity index (χ4v) is 10.2. The number of aryl methyl sites for hydroxylation is 1. The standard InChI is InChI=1S/C47H51F2N5O3/c1-30-7-14-43(46(56)50-30)54-29-35-25-36(9-12-40(35)47(54)57)52-23-21-51(22-24-52)18-15-31-16-19-53(20-17-31)45-41(48)27-34(28-42(45)49)44-38(32-5-3-2-4-6-32)11-8-33-26-37(55)10-13-39(33)44/h2-6,9-10,12-13,25-28,31,38,43-44,55H,1,7-8,11,14-24,29H2,(H,50,56)/t38-,43?,44+/m0/s1. The number of carbonyl (C=O) groups excluding carboxylic acids is 2. The number of halogens is 2. The summed E-state index contributed by atoms with van der Waals surface area (Å²) in [5.41, 5.74) is 7.42. The van der Waals surface area contributed by atoms with Gasteiger partial charge in [0.05, 0.1) is 0 Å². The maximum atomic E-state index is 16.1. The minimum atomic E-state index is -0.505. The summed E-state index contributed by atoms with van der Waals surface area (Å²) in [5, 5.41) is 13.0. The molecular weight excluding hydrogens is 721 g/mol. The van der Waals surface area contributed by atoms with Gasteiger partial charge >= 0.3 is 0 Å². The van der Waals surface area contributed by atoms with Crippen LogP contribution in [0.3, 0.4) is 0 Å². The average Bonchev–Trinajstić information content (AvgIpc) is 3.55. The number of carbonyl (C=O) groups is 2. The van der Waals surface area contributed by atoms with Gasteiger partial charge in [0.2, 0.25) is 5.91 Å². The second-order valence-corrected chi connectivity index (χ2v) is 16.7. The molecule has 1 aliphatic carbocycles. The van der Waals surface area contributed by atoms with Gasteiger partial charge in [0.15, 0.2) is 0 Å². The number of allylic oxidation sites excluding steroid dienone is 1. The third-order valence-corrected chi connectivity index (χ3v) is 13.4. The molecule has 10 heteroatoms. The molecule has 1 unspecified atom stereocenters. The molecule has 0 spiro atoms. The highest BCUT2D eigenvalue weighted by atomic mass is 19.1. The number of piperazine rings is 1. The Bertz CT molecular complexity index is 2160. The number of piperidine rings is 2. The van der Waals surface area contributed by atoms with Crippen LogP contribution in [0.5, 0.6) is 5.75 Å². The molecule has 4 heterocycles. The SMILES string of the molecule is C=C1CCC(N2Cc3cc(N4CCN(CCC5CCN(c6c(F)cc([C@H]7c8ccc(O)cc8CC[C@H]7c7ccccc7)cc6F)CC5)CC4)ccc3C2=O)C(=O)N1. The lowest BCUT2D eigenvalue weighted by Crippen LogP contribution is -2.49. The first-order chi connectivity index (χ1) is 27.7. The highest BCUT2D eigenvalue weighted by Gasteiger charge is 2.39. The molecule has 0 aromatic heterocycles. The summed E-state index contributed by atoms with van der Waals surface area (Å²) in [7, 11) is 0. The van der Waals surface area contributed by atoms with E-state index >= 15 is 8.78 Å². The molecule has 4 aromatic carbocycles. The molecule has 2 amide bonds. The summed E-state index contributed by atoms with van der Waals surface area (Å²) in [4.78, 5) is 34.3. The van der Waals surface area contributed by atoms with Crippen molar-refractivity contribution in [3.63, 3.8) is 0 Å². The number of hydrogen-bond acceptors (Lipinski definition) is 6. The zero-order valence-electron chi connectivity index (χ0n) is 32.4. The van der Waals surface area contributed by atoms with Gasteiger partial charge < -0.3 is 25.1 Å².